The average Bonchev–Trinajstić information content (AvgIpc) is 4.02. The van der Waals surface area contributed by atoms with Gasteiger partial charge in [-0.3, -0.25) is 14.5 Å². The average molecular weight is 845 g/mol. The summed E-state index contributed by atoms with van der Waals surface area (Å²) in [6.45, 7) is 5.19. The predicted octanol–water partition coefficient (Wildman–Crippen LogP) is 9.36. The zero-order chi connectivity index (χ0) is 43.2. The monoisotopic (exact) mass is 844 g/mol. The van der Waals surface area contributed by atoms with E-state index in [1.54, 1.807) is 0 Å². The lowest BCUT2D eigenvalue weighted by Crippen LogP contribution is -2.51. The second-order valence-electron chi connectivity index (χ2n) is 18.2. The second-order valence-corrected chi connectivity index (χ2v) is 18.2. The van der Waals surface area contributed by atoms with Crippen molar-refractivity contribution in [3.8, 4) is 33.6 Å². The quantitative estimate of drug-likeness (QED) is 0.105. The van der Waals surface area contributed by atoms with Gasteiger partial charge < -0.3 is 29.8 Å². The number of aromatic amines is 2. The number of aromatic nitrogens is 4. The molecular formula is C51H56N8O4. The number of fused-ring (bicyclic) bond motifs is 1. The molecule has 4 unspecified atom stereocenters. The Morgan fingerprint density at radius 1 is 0.730 bits per heavy atom. The molecule has 4 aromatic carbocycles. The first-order valence-corrected chi connectivity index (χ1v) is 22.8. The molecule has 4 heterocycles. The zero-order valence-corrected chi connectivity index (χ0v) is 36.3. The first-order valence-electron chi connectivity index (χ1n) is 22.8. The van der Waals surface area contributed by atoms with Gasteiger partial charge in [0.15, 0.2) is 0 Å². The number of rotatable bonds is 13. The third kappa shape index (κ3) is 8.24. The van der Waals surface area contributed by atoms with Gasteiger partial charge in [0.1, 0.15) is 23.7 Å². The molecule has 0 radical (unpaired) electrons. The topological polar surface area (TPSA) is 140 Å². The third-order valence-corrected chi connectivity index (χ3v) is 13.5. The van der Waals surface area contributed by atoms with Gasteiger partial charge in [0, 0.05) is 36.9 Å². The Hall–Kier alpha value is -6.27. The Morgan fingerprint density at radius 2 is 1.33 bits per heavy atom. The second kappa shape index (κ2) is 17.1. The molecule has 3 N–H and O–H groups in total. The third-order valence-electron chi connectivity index (χ3n) is 13.5. The molecule has 2 aliphatic heterocycles. The summed E-state index contributed by atoms with van der Waals surface area (Å²) in [7, 11) is 1.30. The van der Waals surface area contributed by atoms with Crippen molar-refractivity contribution in [1.29, 1.82) is 0 Å². The number of hydrogen-bond donors (Lipinski definition) is 3. The molecule has 12 heteroatoms. The number of carbonyl (C=O) groups excluding carboxylic acids is 3. The van der Waals surface area contributed by atoms with Gasteiger partial charge in [-0.05, 0) is 102 Å². The summed E-state index contributed by atoms with van der Waals surface area (Å²) in [6.07, 6.45) is 11.4. The number of nitrogens with zero attached hydrogens (tertiary/aromatic N) is 5. The highest BCUT2D eigenvalue weighted by atomic mass is 16.5. The fraction of sp³-hybridized carbons (Fsp3) is 0.392. The molecule has 2 saturated carbocycles. The van der Waals surface area contributed by atoms with Gasteiger partial charge in [0.05, 0.1) is 36.8 Å². The molecular weight excluding hydrogens is 789 g/mol. The van der Waals surface area contributed by atoms with Gasteiger partial charge in [-0.15, -0.1) is 0 Å². The minimum atomic E-state index is -0.679. The summed E-state index contributed by atoms with van der Waals surface area (Å²) in [5.74, 6) is 1.59. The van der Waals surface area contributed by atoms with Crippen LogP contribution in [0.4, 0.5) is 4.79 Å². The van der Waals surface area contributed by atoms with Crippen LogP contribution in [-0.2, 0) is 14.3 Å². The van der Waals surface area contributed by atoms with E-state index in [4.69, 9.17) is 14.7 Å². The van der Waals surface area contributed by atoms with Gasteiger partial charge in [-0.1, -0.05) is 92.7 Å². The molecule has 6 aromatic rings. The lowest BCUT2D eigenvalue weighted by atomic mass is 9.98. The number of hydrogen-bond acceptors (Lipinski definition) is 7. The fourth-order valence-corrected chi connectivity index (χ4v) is 9.94. The number of carbonyl (C=O) groups is 3. The number of likely N-dealkylation sites (tertiary alicyclic amines) is 2. The molecule has 63 heavy (non-hydrogen) atoms. The molecule has 4 fully saturated rings. The van der Waals surface area contributed by atoms with Crippen LogP contribution < -0.4 is 5.32 Å². The normalized spacial score (nSPS) is 19.8. The molecule has 10 rings (SSSR count). The van der Waals surface area contributed by atoms with Crippen LogP contribution in [0, 0.1) is 5.92 Å². The number of nitrogens with one attached hydrogen (secondary N) is 3. The summed E-state index contributed by atoms with van der Waals surface area (Å²) in [6, 6.07) is 31.7. The summed E-state index contributed by atoms with van der Waals surface area (Å²) in [4.78, 5) is 63.5. The van der Waals surface area contributed by atoms with E-state index in [2.05, 4.69) is 110 Å². The van der Waals surface area contributed by atoms with Crippen molar-refractivity contribution < 1.29 is 19.1 Å². The maximum Gasteiger partial charge on any atom is 0.407 e. The van der Waals surface area contributed by atoms with Crippen LogP contribution in [0.1, 0.15) is 101 Å². The Bertz CT molecular complexity index is 2600. The van der Waals surface area contributed by atoms with Crippen LogP contribution in [0.5, 0.6) is 0 Å². The van der Waals surface area contributed by atoms with Crippen molar-refractivity contribution in [2.24, 2.45) is 5.92 Å². The first kappa shape index (κ1) is 40.8. The van der Waals surface area contributed by atoms with Crippen molar-refractivity contribution in [3.05, 3.63) is 121 Å². The first-order chi connectivity index (χ1) is 30.7. The van der Waals surface area contributed by atoms with Crippen LogP contribution in [0.3, 0.4) is 0 Å². The number of H-pyrrole nitrogens is 2. The summed E-state index contributed by atoms with van der Waals surface area (Å²) < 4.78 is 4.79. The van der Waals surface area contributed by atoms with Gasteiger partial charge in [0.25, 0.3) is 0 Å². The molecule has 12 nitrogen and oxygen atoms in total. The number of amides is 3. The smallest absolute Gasteiger partial charge is 0.407 e. The number of imidazole rings is 2. The molecule has 2 saturated heterocycles. The Balaban J connectivity index is 0.818. The molecule has 2 aliphatic carbocycles. The van der Waals surface area contributed by atoms with Crippen LogP contribution in [0.2, 0.25) is 0 Å². The summed E-state index contributed by atoms with van der Waals surface area (Å²) in [5, 5.41) is 4.95. The molecule has 2 aromatic heterocycles. The zero-order valence-electron chi connectivity index (χ0n) is 36.3. The van der Waals surface area contributed by atoms with Crippen LogP contribution in [0.25, 0.3) is 44.4 Å². The van der Waals surface area contributed by atoms with E-state index >= 15 is 0 Å². The van der Waals surface area contributed by atoms with E-state index in [0.29, 0.717) is 18.6 Å². The number of methoxy groups -OCH3 is 1. The number of ether oxygens (including phenoxy) is 1. The van der Waals surface area contributed by atoms with Crippen molar-refractivity contribution in [3.63, 3.8) is 0 Å². The SMILES string of the molecule is COC(=O)NC(C(=O)N1CCCC1c1nc(-c2ccc3cc(-c4ccc(-c5cnc(C6CCCN6C(=O)C(c6ccccc6)N(C6CC6)C6CC6)[nH]5)cc4)ccc3c2)c[nH]1)C(C)C. The van der Waals surface area contributed by atoms with E-state index < -0.39 is 12.1 Å². The van der Waals surface area contributed by atoms with Crippen molar-refractivity contribution in [2.45, 2.75) is 101 Å². The minimum absolute atomic E-state index is 0.0700. The predicted molar refractivity (Wildman–Crippen MR) is 243 cm³/mol. The Kier molecular flexibility index (Phi) is 11.1. The Labute approximate surface area is 368 Å². The summed E-state index contributed by atoms with van der Waals surface area (Å²) >= 11 is 0. The van der Waals surface area contributed by atoms with E-state index in [1.165, 1.54) is 32.8 Å². The van der Waals surface area contributed by atoms with Gasteiger partial charge >= 0.3 is 6.09 Å². The molecule has 0 spiro atoms. The van der Waals surface area contributed by atoms with Crippen LogP contribution in [-0.4, -0.2) is 90.9 Å². The highest BCUT2D eigenvalue weighted by molar-refractivity contribution is 5.91. The van der Waals surface area contributed by atoms with Crippen molar-refractivity contribution >= 4 is 28.7 Å². The van der Waals surface area contributed by atoms with E-state index in [0.717, 1.165) is 93.9 Å². The van der Waals surface area contributed by atoms with Gasteiger partial charge in [-0.25, -0.2) is 14.8 Å². The van der Waals surface area contributed by atoms with Gasteiger partial charge in [0.2, 0.25) is 11.8 Å². The molecule has 4 aliphatic rings. The van der Waals surface area contributed by atoms with E-state index in [1.807, 2.05) is 37.2 Å². The number of alkyl carbamates (subject to hydrolysis) is 1. The maximum absolute atomic E-state index is 14.6. The highest BCUT2D eigenvalue weighted by Crippen LogP contribution is 2.45. The van der Waals surface area contributed by atoms with E-state index in [-0.39, 0.29) is 35.9 Å². The Morgan fingerprint density at radius 3 is 1.98 bits per heavy atom. The van der Waals surface area contributed by atoms with Crippen molar-refractivity contribution in [2.75, 3.05) is 20.2 Å². The molecule has 4 atom stereocenters. The molecule has 324 valence electrons. The highest BCUT2D eigenvalue weighted by Gasteiger charge is 2.48. The molecule has 3 amide bonds. The summed E-state index contributed by atoms with van der Waals surface area (Å²) in [5.41, 5.74) is 7.15. The largest absolute Gasteiger partial charge is 0.453 e. The lowest BCUT2D eigenvalue weighted by Gasteiger charge is -2.35. The standard InChI is InChI=1S/C51H56N8O4/c1-31(2)45(56-51(62)63-3)49(60)57-25-7-11-43(57)47-53-30-42(55-47)38-20-19-36-27-35(17-18-37(36)28-38)32-13-15-33(16-14-32)41-29-52-48(54-41)44-12-8-26-58(44)50(61)46(34-9-5-4-6-10-34)59(39-21-22-39)40-23-24-40/h4-6,9-10,13-20,27-31,39-40,43-46H,7-8,11-12,21-26H2,1-3H3,(H,52,54)(H,53,55)(H,56,62). The van der Waals surface area contributed by atoms with E-state index in [9.17, 15) is 14.4 Å². The van der Waals surface area contributed by atoms with Gasteiger partial charge in [-0.2, -0.15) is 0 Å². The lowest BCUT2D eigenvalue weighted by molar-refractivity contribution is -0.139. The van der Waals surface area contributed by atoms with Crippen molar-refractivity contribution in [1.82, 2.24) is 40.0 Å². The minimum Gasteiger partial charge on any atom is -0.453 e. The maximum atomic E-state index is 14.6. The fourth-order valence-electron chi connectivity index (χ4n) is 9.94. The molecule has 0 bridgehead atoms. The number of benzene rings is 4. The van der Waals surface area contributed by atoms with Crippen LogP contribution in [0.15, 0.2) is 103 Å². The van der Waals surface area contributed by atoms with Crippen LogP contribution >= 0.6 is 0 Å².